The smallest absolute Gasteiger partial charge is 0.335 e. The highest BCUT2D eigenvalue weighted by molar-refractivity contribution is 5.79. The van der Waals surface area contributed by atoms with Crippen molar-refractivity contribution in [2.45, 2.75) is 241 Å². The Bertz CT molecular complexity index is 2210. The van der Waals surface area contributed by atoms with Crippen molar-refractivity contribution < 1.29 is 119 Å². The largest absolute Gasteiger partial charge is 0.479 e. The lowest BCUT2D eigenvalue weighted by Gasteiger charge is -2.71. The number of ether oxygens (including phenoxy) is 8. The third-order valence-corrected chi connectivity index (χ3v) is 21.7. The first-order valence-electron chi connectivity index (χ1n) is 28.3. The van der Waals surface area contributed by atoms with Crippen molar-refractivity contribution in [2.24, 2.45) is 50.2 Å². The molecule has 4 saturated carbocycles. The molecule has 14 N–H and O–H groups in total. The van der Waals surface area contributed by atoms with Gasteiger partial charge in [-0.25, -0.2) is 4.79 Å². The van der Waals surface area contributed by atoms with Crippen molar-refractivity contribution in [2.75, 3.05) is 26.4 Å². The zero-order chi connectivity index (χ0) is 57.9. The van der Waals surface area contributed by atoms with Crippen molar-refractivity contribution in [3.63, 3.8) is 0 Å². The van der Waals surface area contributed by atoms with Gasteiger partial charge in [0.05, 0.1) is 37.9 Å². The van der Waals surface area contributed by atoms with Crippen LogP contribution in [-0.4, -0.2) is 239 Å². The molecule has 28 atom stereocenters. The molecule has 4 saturated heterocycles. The average Bonchev–Trinajstić information content (AvgIpc) is 2.72. The van der Waals surface area contributed by atoms with E-state index in [9.17, 15) is 81.1 Å². The van der Waals surface area contributed by atoms with E-state index in [-0.39, 0.29) is 39.4 Å². The summed E-state index contributed by atoms with van der Waals surface area (Å²) in [4.78, 5) is 27.6. The molecule has 4 heterocycles. The fourth-order valence-corrected chi connectivity index (χ4v) is 16.7. The van der Waals surface area contributed by atoms with Gasteiger partial charge in [-0.2, -0.15) is 0 Å². The molecule has 452 valence electrons. The molecule has 24 heteroatoms. The molecule has 0 amide bonds. The first-order valence-corrected chi connectivity index (χ1v) is 28.3. The van der Waals surface area contributed by atoms with Crippen molar-refractivity contribution >= 4 is 11.9 Å². The fraction of sp³-hybridized carbons (Fsp3) is 0.927. The van der Waals surface area contributed by atoms with E-state index in [0.29, 0.717) is 25.7 Å². The van der Waals surface area contributed by atoms with Crippen LogP contribution in [0.4, 0.5) is 0 Å². The summed E-state index contributed by atoms with van der Waals surface area (Å²) >= 11 is 0. The Kier molecular flexibility index (Phi) is 17.4. The molecule has 0 aromatic carbocycles. The summed E-state index contributed by atoms with van der Waals surface area (Å²) in [7, 11) is 0. The summed E-state index contributed by atoms with van der Waals surface area (Å²) in [6.45, 7) is 13.1. The minimum absolute atomic E-state index is 0.0875. The van der Waals surface area contributed by atoms with Gasteiger partial charge in [0.2, 0.25) is 6.29 Å². The lowest BCUT2D eigenvalue weighted by atomic mass is 9.33. The number of carboxylic acids is 1. The first kappa shape index (κ1) is 61.4. The SMILES string of the molecule is CC1(C)CC[C@]2(C(=O)O[C@@H]3O[C@H](CO)[C@H](O)[C@H](O)[C@H]3O)CC[C@]3(C)C(=CC[C@H]4[C@@]5(C)CC[C@H](OC[C@@H]6O[C@H](C(=O)O)[C@H](O)[C@@H](O[C@@H]7O[C@H](CO)[C@H](O)[C@H](O)[C@H]7O)[C@H]6O[C@@H]6O[C@H](CO)[C@H](O)[C@H](O)[C@H]6O)C(C)(C)[C@@H]5CC[C@]43C)[C@H]2C1. The zero-order valence-corrected chi connectivity index (χ0v) is 46.2. The van der Waals surface area contributed by atoms with Gasteiger partial charge in [0.1, 0.15) is 97.7 Å². The number of allylic oxidation sites excluding steroid dienone is 2. The lowest BCUT2D eigenvalue weighted by molar-refractivity contribution is -0.371. The average molecular weight is 1130 g/mol. The number of aliphatic hydroxyl groups excluding tert-OH is 13. The van der Waals surface area contributed by atoms with Crippen molar-refractivity contribution in [3.05, 3.63) is 11.6 Å². The summed E-state index contributed by atoms with van der Waals surface area (Å²) in [6, 6.07) is 0. The Morgan fingerprint density at radius 3 is 1.63 bits per heavy atom. The number of carbonyl (C=O) groups is 2. The predicted octanol–water partition coefficient (Wildman–Crippen LogP) is -1.90. The van der Waals surface area contributed by atoms with Crippen molar-refractivity contribution in [1.29, 1.82) is 0 Å². The van der Waals surface area contributed by atoms with Gasteiger partial charge in [-0.1, -0.05) is 60.1 Å². The second kappa shape index (κ2) is 22.4. The van der Waals surface area contributed by atoms with Gasteiger partial charge in [-0.05, 0) is 109 Å². The fourth-order valence-electron chi connectivity index (χ4n) is 16.7. The van der Waals surface area contributed by atoms with Gasteiger partial charge in [-0.3, -0.25) is 4.79 Å². The minimum atomic E-state index is -2.12. The molecule has 4 aliphatic heterocycles. The number of hydrogen-bond acceptors (Lipinski definition) is 23. The number of carbonyl (C=O) groups excluding carboxylic acids is 1. The summed E-state index contributed by atoms with van der Waals surface area (Å²) in [5, 5.41) is 148. The van der Waals surface area contributed by atoms with Gasteiger partial charge >= 0.3 is 11.9 Å². The Morgan fingerprint density at radius 1 is 0.570 bits per heavy atom. The van der Waals surface area contributed by atoms with E-state index in [2.05, 4.69) is 54.5 Å². The molecule has 0 aromatic heterocycles. The van der Waals surface area contributed by atoms with Gasteiger partial charge in [0.15, 0.2) is 18.7 Å². The lowest BCUT2D eigenvalue weighted by Crippen LogP contribution is -2.68. The maximum Gasteiger partial charge on any atom is 0.335 e. The van der Waals surface area contributed by atoms with Crippen LogP contribution < -0.4 is 0 Å². The monoisotopic (exact) mass is 1130 g/mol. The third-order valence-electron chi connectivity index (χ3n) is 21.7. The van der Waals surface area contributed by atoms with Crippen LogP contribution in [0.1, 0.15) is 113 Å². The Balaban J connectivity index is 0.971. The number of hydrogen-bond donors (Lipinski definition) is 14. The van der Waals surface area contributed by atoms with Crippen molar-refractivity contribution in [3.8, 4) is 0 Å². The molecule has 9 rings (SSSR count). The highest BCUT2D eigenvalue weighted by Gasteiger charge is 2.70. The number of carboxylic acid groups (broad SMARTS) is 1. The standard InChI is InChI=1S/C55H88O24/c1-50(2)14-16-55(49(71)79-48-40(67)37(64)34(61)27(21-58)76-48)17-15-53(6)23(24(55)18-50)8-9-30-52(5)12-11-31(51(3,4)29(52)10-13-54(30,53)7)72-22-28-42(77-46-38(65)35(62)32(59)25(19-56)74-46)43(41(68)44(73-28)45(69)70)78-47-39(66)36(63)33(60)26(20-57)75-47/h8,24-44,46-48,56-68H,9-22H2,1-7H3,(H,69,70)/t24-,25-,26-,27-,28+,29+,30+,31+,32+,33+,34+,35+,36+,37+,38-,39-,40-,41-,42+,43-,44+,46+,47+,48+,52+,53-,54-,55+/m1/s1. The number of aliphatic carboxylic acids is 1. The topological polar surface area (TPSA) is 391 Å². The number of esters is 1. The van der Waals surface area contributed by atoms with Crippen LogP contribution in [0, 0.1) is 50.2 Å². The molecule has 0 aromatic rings. The van der Waals surface area contributed by atoms with Crippen molar-refractivity contribution in [1.82, 2.24) is 0 Å². The maximum absolute atomic E-state index is 14.8. The number of aliphatic hydroxyl groups is 13. The molecule has 5 aliphatic carbocycles. The maximum atomic E-state index is 14.8. The molecule has 8 fully saturated rings. The molecule has 24 nitrogen and oxygen atoms in total. The van der Waals surface area contributed by atoms with Crippen LogP contribution in [0.3, 0.4) is 0 Å². The van der Waals surface area contributed by atoms with E-state index in [1.165, 1.54) is 5.57 Å². The van der Waals surface area contributed by atoms with E-state index >= 15 is 0 Å². The highest BCUT2D eigenvalue weighted by Crippen LogP contribution is 2.76. The second-order valence-electron chi connectivity index (χ2n) is 26.7. The Morgan fingerprint density at radius 2 is 1.09 bits per heavy atom. The Hall–Kier alpha value is -2.12. The summed E-state index contributed by atoms with van der Waals surface area (Å²) in [5.74, 6) is -2.08. The van der Waals surface area contributed by atoms with E-state index in [1.807, 2.05) is 0 Å². The third kappa shape index (κ3) is 10.2. The quantitative estimate of drug-likeness (QED) is 0.0707. The van der Waals surface area contributed by atoms with E-state index in [4.69, 9.17) is 37.9 Å². The summed E-state index contributed by atoms with van der Waals surface area (Å²) in [6.07, 6.45) is -26.4. The molecule has 0 spiro atoms. The zero-order valence-electron chi connectivity index (χ0n) is 46.2. The Labute approximate surface area is 459 Å². The number of fused-ring (bicyclic) bond motifs is 7. The van der Waals surface area contributed by atoms with E-state index in [0.717, 1.165) is 38.5 Å². The van der Waals surface area contributed by atoms with E-state index < -0.39 is 178 Å². The highest BCUT2D eigenvalue weighted by atomic mass is 16.8. The van der Waals surface area contributed by atoms with Crippen LogP contribution >= 0.6 is 0 Å². The molecular formula is C55H88O24. The van der Waals surface area contributed by atoms with Crippen LogP contribution in [-0.2, 0) is 47.5 Å². The van der Waals surface area contributed by atoms with Crippen LogP contribution in [0.25, 0.3) is 0 Å². The van der Waals surface area contributed by atoms with Gasteiger partial charge < -0.3 is 109 Å². The summed E-state index contributed by atoms with van der Waals surface area (Å²) < 4.78 is 48.1. The van der Waals surface area contributed by atoms with Crippen LogP contribution in [0.2, 0.25) is 0 Å². The van der Waals surface area contributed by atoms with Gasteiger partial charge in [-0.15, -0.1) is 0 Å². The molecule has 9 aliphatic rings. The van der Waals surface area contributed by atoms with Gasteiger partial charge in [0.25, 0.3) is 0 Å². The molecular weight excluding hydrogens is 1040 g/mol. The second-order valence-corrected chi connectivity index (χ2v) is 26.7. The van der Waals surface area contributed by atoms with E-state index in [1.54, 1.807) is 0 Å². The summed E-state index contributed by atoms with van der Waals surface area (Å²) in [5.41, 5.74) is -1.15. The first-order chi connectivity index (χ1) is 37.0. The molecule has 0 unspecified atom stereocenters. The minimum Gasteiger partial charge on any atom is -0.479 e. The molecule has 0 bridgehead atoms. The van der Waals surface area contributed by atoms with Gasteiger partial charge in [0, 0.05) is 0 Å². The normalized spacial score (nSPS) is 52.3. The van der Waals surface area contributed by atoms with Crippen LogP contribution in [0.15, 0.2) is 11.6 Å². The molecule has 0 radical (unpaired) electrons. The molecule has 79 heavy (non-hydrogen) atoms. The number of rotatable bonds is 13. The van der Waals surface area contributed by atoms with Crippen LogP contribution in [0.5, 0.6) is 0 Å². The predicted molar refractivity (Wildman–Crippen MR) is 268 cm³/mol.